The molecule has 0 bridgehead atoms. The fourth-order valence-electron chi connectivity index (χ4n) is 1.82. The van der Waals surface area contributed by atoms with Crippen LogP contribution in [0, 0.1) is 11.8 Å². The molecule has 15 heavy (non-hydrogen) atoms. The predicted molar refractivity (Wildman–Crippen MR) is 45.3 cm³/mol. The highest BCUT2D eigenvalue weighted by Gasteiger charge is 2.39. The summed E-state index contributed by atoms with van der Waals surface area (Å²) in [5.74, 6) is -3.11. The van der Waals surface area contributed by atoms with Crippen molar-refractivity contribution in [1.82, 2.24) is 0 Å². The number of rotatable bonds is 3. The maximum atomic E-state index is 12.1. The highest BCUT2D eigenvalue weighted by atomic mass is 19.4. The largest absolute Gasteiger partial charge is 0.481 e. The van der Waals surface area contributed by atoms with E-state index in [0.717, 1.165) is 0 Å². The van der Waals surface area contributed by atoms with Gasteiger partial charge in [0.1, 0.15) is 0 Å². The van der Waals surface area contributed by atoms with Gasteiger partial charge in [-0.2, -0.15) is 13.2 Å². The van der Waals surface area contributed by atoms with E-state index in [2.05, 4.69) is 0 Å². The highest BCUT2D eigenvalue weighted by Crippen LogP contribution is 2.33. The highest BCUT2D eigenvalue weighted by molar-refractivity contribution is 5.70. The van der Waals surface area contributed by atoms with Crippen molar-refractivity contribution in [3.8, 4) is 0 Å². The molecule has 6 heteroatoms. The number of carbonyl (C=O) groups is 1. The summed E-state index contributed by atoms with van der Waals surface area (Å²) in [4.78, 5) is 10.7. The third kappa shape index (κ3) is 4.07. The number of hydrogen-bond acceptors (Lipinski definition) is 2. The molecule has 1 atom stereocenters. The maximum absolute atomic E-state index is 12.1. The molecule has 0 saturated carbocycles. The summed E-state index contributed by atoms with van der Waals surface area (Å²) in [7, 11) is 0. The molecule has 0 aliphatic carbocycles. The third-order valence-electron chi connectivity index (χ3n) is 2.60. The molecule has 0 amide bonds. The van der Waals surface area contributed by atoms with Crippen LogP contribution in [0.1, 0.15) is 19.3 Å². The number of aliphatic carboxylic acids is 1. The van der Waals surface area contributed by atoms with Gasteiger partial charge in [0, 0.05) is 13.2 Å². The second kappa shape index (κ2) is 4.83. The molecule has 1 aliphatic heterocycles. The molecule has 1 heterocycles. The zero-order chi connectivity index (χ0) is 11.5. The molecule has 0 aromatic rings. The van der Waals surface area contributed by atoms with E-state index in [4.69, 9.17) is 9.84 Å². The van der Waals surface area contributed by atoms with E-state index >= 15 is 0 Å². The van der Waals surface area contributed by atoms with Crippen molar-refractivity contribution in [3.05, 3.63) is 0 Å². The van der Waals surface area contributed by atoms with Crippen LogP contribution in [0.4, 0.5) is 13.2 Å². The Bertz CT molecular complexity index is 221. The van der Waals surface area contributed by atoms with Crippen molar-refractivity contribution in [1.29, 1.82) is 0 Å². The Morgan fingerprint density at radius 2 is 1.93 bits per heavy atom. The summed E-state index contributed by atoms with van der Waals surface area (Å²) in [5, 5.41) is 8.75. The Balaban J connectivity index is 2.60. The molecule has 1 rings (SSSR count). The molecule has 1 aliphatic rings. The van der Waals surface area contributed by atoms with Crippen LogP contribution < -0.4 is 0 Å². The predicted octanol–water partition coefficient (Wildman–Crippen LogP) is 2.07. The minimum atomic E-state index is -4.42. The Hall–Kier alpha value is -0.780. The van der Waals surface area contributed by atoms with Crippen molar-refractivity contribution in [2.45, 2.75) is 25.4 Å². The molecule has 0 radical (unpaired) electrons. The molecule has 3 nitrogen and oxygen atoms in total. The van der Waals surface area contributed by atoms with Gasteiger partial charge in [0.05, 0.1) is 12.3 Å². The quantitative estimate of drug-likeness (QED) is 0.801. The smallest absolute Gasteiger partial charge is 0.389 e. The van der Waals surface area contributed by atoms with Gasteiger partial charge in [-0.3, -0.25) is 4.79 Å². The molecule has 1 fully saturated rings. The van der Waals surface area contributed by atoms with Crippen LogP contribution in [0.25, 0.3) is 0 Å². The fraction of sp³-hybridized carbons (Fsp3) is 0.889. The monoisotopic (exact) mass is 226 g/mol. The summed E-state index contributed by atoms with van der Waals surface area (Å²) in [6.07, 6.45) is -4.87. The van der Waals surface area contributed by atoms with Crippen LogP contribution in [-0.2, 0) is 9.53 Å². The first kappa shape index (κ1) is 12.3. The molecule has 0 unspecified atom stereocenters. The van der Waals surface area contributed by atoms with Gasteiger partial charge in [0.15, 0.2) is 0 Å². The lowest BCUT2D eigenvalue weighted by molar-refractivity contribution is -0.170. The number of halogens is 3. The van der Waals surface area contributed by atoms with Gasteiger partial charge in [0.2, 0.25) is 0 Å². The van der Waals surface area contributed by atoms with Crippen LogP contribution in [0.5, 0.6) is 0 Å². The van der Waals surface area contributed by atoms with Gasteiger partial charge in [-0.1, -0.05) is 0 Å². The Kier molecular flexibility index (Phi) is 3.96. The molecule has 88 valence electrons. The summed E-state index contributed by atoms with van der Waals surface area (Å²) < 4.78 is 41.4. The first-order valence-corrected chi connectivity index (χ1v) is 4.77. The normalized spacial score (nSPS) is 21.3. The van der Waals surface area contributed by atoms with Gasteiger partial charge < -0.3 is 9.84 Å². The second-order valence-electron chi connectivity index (χ2n) is 3.71. The molecular formula is C9H13F3O3. The molecule has 0 spiro atoms. The van der Waals surface area contributed by atoms with Crippen LogP contribution in [0.2, 0.25) is 0 Å². The van der Waals surface area contributed by atoms with Crippen molar-refractivity contribution in [2.24, 2.45) is 11.8 Å². The number of alkyl halides is 3. The molecule has 0 aromatic carbocycles. The summed E-state index contributed by atoms with van der Waals surface area (Å²) in [5.41, 5.74) is 0. The van der Waals surface area contributed by atoms with E-state index in [9.17, 15) is 18.0 Å². The van der Waals surface area contributed by atoms with E-state index in [0.29, 0.717) is 26.1 Å². The van der Waals surface area contributed by atoms with Crippen molar-refractivity contribution in [3.63, 3.8) is 0 Å². The van der Waals surface area contributed by atoms with Crippen molar-refractivity contribution < 1.29 is 27.8 Å². The number of ether oxygens (including phenoxy) is 1. The van der Waals surface area contributed by atoms with E-state index in [1.165, 1.54) is 0 Å². The van der Waals surface area contributed by atoms with Crippen LogP contribution >= 0.6 is 0 Å². The lowest BCUT2D eigenvalue weighted by Gasteiger charge is -2.28. The lowest BCUT2D eigenvalue weighted by Crippen LogP contribution is -2.32. The standard InChI is InChI=1S/C9H13F3O3/c10-9(11,12)5-7(8(13)14)6-1-3-15-4-2-6/h6-7H,1-5H2,(H,13,14)/t7-/m1/s1. The van der Waals surface area contributed by atoms with Crippen LogP contribution in [0.3, 0.4) is 0 Å². The van der Waals surface area contributed by atoms with E-state index in [-0.39, 0.29) is 0 Å². The molecule has 1 saturated heterocycles. The first-order valence-electron chi connectivity index (χ1n) is 4.77. The number of hydrogen-bond donors (Lipinski definition) is 1. The van der Waals surface area contributed by atoms with Gasteiger partial charge in [-0.15, -0.1) is 0 Å². The Morgan fingerprint density at radius 3 is 2.33 bits per heavy atom. The minimum absolute atomic E-state index is 0.353. The van der Waals surface area contributed by atoms with Gasteiger partial charge >= 0.3 is 12.1 Å². The summed E-state index contributed by atoms with van der Waals surface area (Å²) in [6.45, 7) is 0.707. The Labute approximate surface area is 85.2 Å². The van der Waals surface area contributed by atoms with Crippen molar-refractivity contribution in [2.75, 3.05) is 13.2 Å². The fourth-order valence-corrected chi connectivity index (χ4v) is 1.82. The van der Waals surface area contributed by atoms with Crippen molar-refractivity contribution >= 4 is 5.97 Å². The zero-order valence-electron chi connectivity index (χ0n) is 8.09. The van der Waals surface area contributed by atoms with Gasteiger partial charge in [-0.25, -0.2) is 0 Å². The second-order valence-corrected chi connectivity index (χ2v) is 3.71. The summed E-state index contributed by atoms with van der Waals surface area (Å²) in [6, 6.07) is 0. The SMILES string of the molecule is O=C(O)[C@H](CC(F)(F)F)C1CCOCC1. The average Bonchev–Trinajstić information content (AvgIpc) is 2.14. The maximum Gasteiger partial charge on any atom is 0.389 e. The summed E-state index contributed by atoms with van der Waals surface area (Å²) >= 11 is 0. The third-order valence-corrected chi connectivity index (χ3v) is 2.60. The minimum Gasteiger partial charge on any atom is -0.481 e. The number of carboxylic acids is 1. The first-order chi connectivity index (χ1) is 6.90. The molecular weight excluding hydrogens is 213 g/mol. The topological polar surface area (TPSA) is 46.5 Å². The lowest BCUT2D eigenvalue weighted by atomic mass is 9.84. The van der Waals surface area contributed by atoms with Gasteiger partial charge in [0.25, 0.3) is 0 Å². The van der Waals surface area contributed by atoms with E-state index in [1.807, 2.05) is 0 Å². The van der Waals surface area contributed by atoms with Crippen LogP contribution in [0.15, 0.2) is 0 Å². The average molecular weight is 226 g/mol. The Morgan fingerprint density at radius 1 is 1.40 bits per heavy atom. The number of carboxylic acid groups (broad SMARTS) is 1. The van der Waals surface area contributed by atoms with Gasteiger partial charge in [-0.05, 0) is 18.8 Å². The van der Waals surface area contributed by atoms with E-state index in [1.54, 1.807) is 0 Å². The van der Waals surface area contributed by atoms with E-state index < -0.39 is 30.4 Å². The molecule has 1 N–H and O–H groups in total. The molecule has 0 aromatic heterocycles. The van der Waals surface area contributed by atoms with Crippen LogP contribution in [-0.4, -0.2) is 30.5 Å². The zero-order valence-corrected chi connectivity index (χ0v) is 8.09.